The average Bonchev–Trinajstić information content (AvgIpc) is 2.64. The van der Waals surface area contributed by atoms with Crippen molar-refractivity contribution < 1.29 is 18.9 Å². The second-order valence-corrected chi connectivity index (χ2v) is 5.84. The lowest BCUT2D eigenvalue weighted by atomic mass is 10.0. The number of aryl methyl sites for hydroxylation is 1. The highest BCUT2D eigenvalue weighted by Crippen LogP contribution is 2.40. The Morgan fingerprint density at radius 3 is 2.04 bits per heavy atom. The zero-order chi connectivity index (χ0) is 18.4. The molecular formula is C20H28ClNO4. The molecule has 1 N–H and O–H groups in total. The van der Waals surface area contributed by atoms with E-state index in [9.17, 15) is 0 Å². The lowest BCUT2D eigenvalue weighted by Crippen LogP contribution is -2.19. The van der Waals surface area contributed by atoms with Gasteiger partial charge < -0.3 is 24.3 Å². The van der Waals surface area contributed by atoms with Crippen LogP contribution in [0.3, 0.4) is 0 Å². The molecule has 1 atom stereocenters. The van der Waals surface area contributed by atoms with E-state index in [2.05, 4.69) is 25.2 Å². The normalized spacial score (nSPS) is 11.3. The van der Waals surface area contributed by atoms with Crippen LogP contribution in [0.5, 0.6) is 23.0 Å². The van der Waals surface area contributed by atoms with E-state index in [1.807, 2.05) is 24.3 Å². The second kappa shape index (κ2) is 10.1. The van der Waals surface area contributed by atoms with Crippen molar-refractivity contribution in [3.8, 4) is 23.0 Å². The summed E-state index contributed by atoms with van der Waals surface area (Å²) >= 11 is 0. The first-order chi connectivity index (χ1) is 12.0. The van der Waals surface area contributed by atoms with Crippen molar-refractivity contribution in [2.75, 3.05) is 28.4 Å². The number of halogens is 1. The van der Waals surface area contributed by atoms with Crippen molar-refractivity contribution in [2.45, 2.75) is 26.4 Å². The average molecular weight is 382 g/mol. The minimum Gasteiger partial charge on any atom is -0.496 e. The molecule has 0 saturated heterocycles. The quantitative estimate of drug-likeness (QED) is 0.738. The number of hydrogen-bond donors (Lipinski definition) is 1. The predicted octanol–water partition coefficient (Wildman–Crippen LogP) is 4.30. The van der Waals surface area contributed by atoms with Crippen LogP contribution >= 0.6 is 12.4 Å². The van der Waals surface area contributed by atoms with Gasteiger partial charge in [0.25, 0.3) is 0 Å². The van der Waals surface area contributed by atoms with Crippen molar-refractivity contribution in [3.05, 3.63) is 47.0 Å². The Labute approximate surface area is 162 Å². The molecule has 5 nitrogen and oxygen atoms in total. The van der Waals surface area contributed by atoms with Crippen LogP contribution in [0.2, 0.25) is 0 Å². The van der Waals surface area contributed by atoms with E-state index < -0.39 is 0 Å². The zero-order valence-electron chi connectivity index (χ0n) is 16.2. The summed E-state index contributed by atoms with van der Waals surface area (Å²) in [5, 5.41) is 3.52. The van der Waals surface area contributed by atoms with Crippen molar-refractivity contribution in [2.24, 2.45) is 0 Å². The Morgan fingerprint density at radius 2 is 1.46 bits per heavy atom. The van der Waals surface area contributed by atoms with Gasteiger partial charge in [-0.2, -0.15) is 0 Å². The van der Waals surface area contributed by atoms with Crippen LogP contribution in [0.15, 0.2) is 30.3 Å². The number of rotatable bonds is 8. The lowest BCUT2D eigenvalue weighted by molar-refractivity contribution is 0.321. The van der Waals surface area contributed by atoms with E-state index in [1.165, 1.54) is 5.56 Å². The van der Waals surface area contributed by atoms with Crippen molar-refractivity contribution in [1.82, 2.24) is 5.32 Å². The Balaban J connectivity index is 0.00000338. The second-order valence-electron chi connectivity index (χ2n) is 5.84. The number of ether oxygens (including phenoxy) is 4. The SMILES string of the molecule is COc1ccc(C)cc1C(C)NCc1ccc(OC)c(OC)c1OC.Cl. The molecule has 0 saturated carbocycles. The number of benzene rings is 2. The van der Waals surface area contributed by atoms with Gasteiger partial charge in [-0.25, -0.2) is 0 Å². The van der Waals surface area contributed by atoms with Gasteiger partial charge in [0, 0.05) is 23.7 Å². The van der Waals surface area contributed by atoms with Gasteiger partial charge in [-0.3, -0.25) is 0 Å². The van der Waals surface area contributed by atoms with Gasteiger partial charge in [0.05, 0.1) is 28.4 Å². The predicted molar refractivity (Wildman–Crippen MR) is 106 cm³/mol. The Morgan fingerprint density at radius 1 is 0.846 bits per heavy atom. The number of hydrogen-bond acceptors (Lipinski definition) is 5. The van der Waals surface area contributed by atoms with Gasteiger partial charge in [0.1, 0.15) is 5.75 Å². The molecule has 0 aromatic heterocycles. The standard InChI is InChI=1S/C20H27NO4.ClH/c1-13-7-9-17(22-3)16(11-13)14(2)21-12-15-8-10-18(23-4)20(25-6)19(15)24-5;/h7-11,14,21H,12H2,1-6H3;1H. The van der Waals surface area contributed by atoms with E-state index in [-0.39, 0.29) is 18.4 Å². The smallest absolute Gasteiger partial charge is 0.203 e. The maximum absolute atomic E-state index is 5.54. The number of methoxy groups -OCH3 is 4. The fraction of sp³-hybridized carbons (Fsp3) is 0.400. The van der Waals surface area contributed by atoms with Gasteiger partial charge in [-0.15, -0.1) is 12.4 Å². The topological polar surface area (TPSA) is 49.0 Å². The molecular weight excluding hydrogens is 354 g/mol. The molecule has 0 heterocycles. The van der Waals surface area contributed by atoms with Gasteiger partial charge in [-0.1, -0.05) is 23.8 Å². The summed E-state index contributed by atoms with van der Waals surface area (Å²) in [5.41, 5.74) is 3.33. The number of nitrogens with one attached hydrogen (secondary N) is 1. The maximum atomic E-state index is 5.54. The molecule has 144 valence electrons. The molecule has 26 heavy (non-hydrogen) atoms. The van der Waals surface area contributed by atoms with E-state index in [0.717, 1.165) is 16.9 Å². The van der Waals surface area contributed by atoms with Crippen LogP contribution in [0.4, 0.5) is 0 Å². The summed E-state index contributed by atoms with van der Waals surface area (Å²) in [6.07, 6.45) is 0. The summed E-state index contributed by atoms with van der Waals surface area (Å²) in [4.78, 5) is 0. The molecule has 2 rings (SSSR count). The van der Waals surface area contributed by atoms with Crippen LogP contribution in [-0.4, -0.2) is 28.4 Å². The van der Waals surface area contributed by atoms with Crippen LogP contribution in [0, 0.1) is 6.92 Å². The summed E-state index contributed by atoms with van der Waals surface area (Å²) in [5.74, 6) is 2.81. The Hall–Kier alpha value is -2.11. The fourth-order valence-electron chi connectivity index (χ4n) is 2.87. The molecule has 6 heteroatoms. The first-order valence-electron chi connectivity index (χ1n) is 8.21. The molecule has 1 unspecified atom stereocenters. The molecule has 2 aromatic carbocycles. The highest BCUT2D eigenvalue weighted by molar-refractivity contribution is 5.85. The molecule has 0 aliphatic carbocycles. The van der Waals surface area contributed by atoms with Gasteiger partial charge in [0.15, 0.2) is 11.5 Å². The third kappa shape index (κ3) is 4.74. The highest BCUT2D eigenvalue weighted by Gasteiger charge is 2.17. The highest BCUT2D eigenvalue weighted by atomic mass is 35.5. The molecule has 2 aromatic rings. The minimum absolute atomic E-state index is 0. The molecule has 0 amide bonds. The summed E-state index contributed by atoms with van der Waals surface area (Å²) in [6, 6.07) is 10.2. The van der Waals surface area contributed by atoms with Crippen LogP contribution in [-0.2, 0) is 6.54 Å². The van der Waals surface area contributed by atoms with E-state index >= 15 is 0 Å². The Kier molecular flexibility index (Phi) is 8.55. The molecule has 0 spiro atoms. The van der Waals surface area contributed by atoms with E-state index in [1.54, 1.807) is 28.4 Å². The van der Waals surface area contributed by atoms with Crippen molar-refractivity contribution >= 4 is 12.4 Å². The third-order valence-electron chi connectivity index (χ3n) is 4.24. The molecule has 0 aliphatic rings. The molecule has 0 fully saturated rings. The van der Waals surface area contributed by atoms with Crippen LogP contribution in [0.25, 0.3) is 0 Å². The summed E-state index contributed by atoms with van der Waals surface area (Å²) in [6.45, 7) is 4.82. The first kappa shape index (κ1) is 21.9. The van der Waals surface area contributed by atoms with Gasteiger partial charge >= 0.3 is 0 Å². The first-order valence-corrected chi connectivity index (χ1v) is 8.21. The van der Waals surface area contributed by atoms with E-state index in [0.29, 0.717) is 23.8 Å². The minimum atomic E-state index is 0. The maximum Gasteiger partial charge on any atom is 0.203 e. The lowest BCUT2D eigenvalue weighted by Gasteiger charge is -2.20. The fourth-order valence-corrected chi connectivity index (χ4v) is 2.87. The van der Waals surface area contributed by atoms with Crippen LogP contribution < -0.4 is 24.3 Å². The molecule has 0 bridgehead atoms. The van der Waals surface area contributed by atoms with Gasteiger partial charge in [-0.05, 0) is 26.0 Å². The van der Waals surface area contributed by atoms with Crippen LogP contribution in [0.1, 0.15) is 29.7 Å². The summed E-state index contributed by atoms with van der Waals surface area (Å²) < 4.78 is 21.8. The van der Waals surface area contributed by atoms with E-state index in [4.69, 9.17) is 18.9 Å². The molecule has 0 aliphatic heterocycles. The third-order valence-corrected chi connectivity index (χ3v) is 4.24. The van der Waals surface area contributed by atoms with Crippen molar-refractivity contribution in [3.63, 3.8) is 0 Å². The summed E-state index contributed by atoms with van der Waals surface area (Å²) in [7, 11) is 6.55. The Bertz CT molecular complexity index is 721. The largest absolute Gasteiger partial charge is 0.496 e. The molecule has 0 radical (unpaired) electrons. The van der Waals surface area contributed by atoms with Crippen molar-refractivity contribution in [1.29, 1.82) is 0 Å². The zero-order valence-corrected chi connectivity index (χ0v) is 17.0. The monoisotopic (exact) mass is 381 g/mol. The van der Waals surface area contributed by atoms with Gasteiger partial charge in [0.2, 0.25) is 5.75 Å².